The third kappa shape index (κ3) is 3.76. The first-order valence-corrected chi connectivity index (χ1v) is 10.3. The van der Waals surface area contributed by atoms with Crippen LogP contribution in [0.2, 0.25) is 0 Å². The smallest absolute Gasteiger partial charge is 0.236 e. The molecular weight excluding hydrogens is 377 g/mol. The Labute approximate surface area is 168 Å². The number of carbonyl (C=O) groups is 1. The van der Waals surface area contributed by atoms with Crippen LogP contribution >= 0.6 is 11.8 Å². The summed E-state index contributed by atoms with van der Waals surface area (Å²) in [5.74, 6) is -0.0649. The predicted octanol–water partition coefficient (Wildman–Crippen LogP) is 3.79. The zero-order valence-electron chi connectivity index (χ0n) is 16.4. The highest BCUT2D eigenvalue weighted by atomic mass is 32.2. The number of benzene rings is 1. The SMILES string of the molecule is C[C@H](Sc1nnc(-c2ccccc2F)n1C)C(=O)N(C)C1(C#N)CCCCC1. The van der Waals surface area contributed by atoms with Crippen LogP contribution in [-0.4, -0.2) is 43.4 Å². The van der Waals surface area contributed by atoms with Crippen molar-refractivity contribution in [3.63, 3.8) is 0 Å². The zero-order chi connectivity index (χ0) is 20.3. The van der Waals surface area contributed by atoms with E-state index in [4.69, 9.17) is 0 Å². The molecule has 0 N–H and O–H groups in total. The summed E-state index contributed by atoms with van der Waals surface area (Å²) in [7, 11) is 3.47. The van der Waals surface area contributed by atoms with Crippen LogP contribution in [-0.2, 0) is 11.8 Å². The first kappa shape index (κ1) is 20.3. The zero-order valence-corrected chi connectivity index (χ0v) is 17.2. The Morgan fingerprint density at radius 1 is 1.32 bits per heavy atom. The summed E-state index contributed by atoms with van der Waals surface area (Å²) in [5, 5.41) is 18.0. The second-order valence-electron chi connectivity index (χ2n) is 7.21. The van der Waals surface area contributed by atoms with Crippen LogP contribution in [0.4, 0.5) is 4.39 Å². The molecule has 28 heavy (non-hydrogen) atoms. The number of aromatic nitrogens is 3. The van der Waals surface area contributed by atoms with Crippen molar-refractivity contribution in [3.8, 4) is 17.5 Å². The van der Waals surface area contributed by atoms with Gasteiger partial charge in [-0.2, -0.15) is 5.26 Å². The second kappa shape index (κ2) is 8.31. The molecule has 0 aliphatic heterocycles. The van der Waals surface area contributed by atoms with Gasteiger partial charge in [-0.3, -0.25) is 4.79 Å². The molecule has 1 aliphatic rings. The van der Waals surface area contributed by atoms with Crippen molar-refractivity contribution in [2.24, 2.45) is 7.05 Å². The van der Waals surface area contributed by atoms with Gasteiger partial charge < -0.3 is 9.47 Å². The maximum absolute atomic E-state index is 14.1. The summed E-state index contributed by atoms with van der Waals surface area (Å²) < 4.78 is 15.8. The Bertz CT molecular complexity index is 900. The molecule has 0 radical (unpaired) electrons. The largest absolute Gasteiger partial charge is 0.326 e. The Hall–Kier alpha value is -2.40. The molecule has 0 saturated heterocycles. The summed E-state index contributed by atoms with van der Waals surface area (Å²) in [6, 6.07) is 8.77. The number of halogens is 1. The fourth-order valence-corrected chi connectivity index (χ4v) is 4.55. The number of amides is 1. The summed E-state index contributed by atoms with van der Waals surface area (Å²) >= 11 is 1.27. The van der Waals surface area contributed by atoms with E-state index in [1.165, 1.54) is 17.8 Å². The lowest BCUT2D eigenvalue weighted by atomic mass is 9.81. The lowest BCUT2D eigenvalue weighted by Crippen LogP contribution is -2.52. The van der Waals surface area contributed by atoms with E-state index in [1.54, 1.807) is 48.7 Å². The molecule has 1 atom stereocenters. The Morgan fingerprint density at radius 3 is 2.64 bits per heavy atom. The lowest BCUT2D eigenvalue weighted by Gasteiger charge is -2.40. The van der Waals surface area contributed by atoms with E-state index in [0.717, 1.165) is 19.3 Å². The van der Waals surface area contributed by atoms with Gasteiger partial charge in [0.15, 0.2) is 11.0 Å². The Kier molecular flexibility index (Phi) is 6.04. The average Bonchev–Trinajstić information content (AvgIpc) is 3.07. The first-order valence-electron chi connectivity index (χ1n) is 9.39. The minimum atomic E-state index is -0.720. The summed E-state index contributed by atoms with van der Waals surface area (Å²) in [4.78, 5) is 14.6. The molecule has 1 aliphatic carbocycles. The highest BCUT2D eigenvalue weighted by molar-refractivity contribution is 8.00. The van der Waals surface area contributed by atoms with Crippen molar-refractivity contribution in [2.45, 2.75) is 55.0 Å². The standard InChI is InChI=1S/C20H24FN5OS/c1-14(18(27)26(3)20(13-22)11-7-4-8-12-20)28-19-24-23-17(25(19)2)15-9-5-6-10-16(15)21/h5-6,9-10,14H,4,7-8,11-12H2,1-3H3/t14-/m0/s1. The van der Waals surface area contributed by atoms with Gasteiger partial charge in [-0.05, 0) is 31.9 Å². The third-order valence-electron chi connectivity index (χ3n) is 5.44. The monoisotopic (exact) mass is 401 g/mol. The average molecular weight is 402 g/mol. The van der Waals surface area contributed by atoms with Crippen LogP contribution in [0.15, 0.2) is 29.4 Å². The molecule has 1 aromatic carbocycles. The van der Waals surface area contributed by atoms with Crippen LogP contribution in [0.1, 0.15) is 39.0 Å². The van der Waals surface area contributed by atoms with E-state index in [9.17, 15) is 14.4 Å². The highest BCUT2D eigenvalue weighted by Gasteiger charge is 2.40. The first-order chi connectivity index (χ1) is 13.4. The van der Waals surface area contributed by atoms with Crippen molar-refractivity contribution in [2.75, 3.05) is 7.05 Å². The normalized spacial score (nSPS) is 17.0. The maximum Gasteiger partial charge on any atom is 0.236 e. The van der Waals surface area contributed by atoms with Gasteiger partial charge in [0.1, 0.15) is 11.4 Å². The van der Waals surface area contributed by atoms with E-state index in [0.29, 0.717) is 29.4 Å². The molecule has 1 aromatic heterocycles. The van der Waals surface area contributed by atoms with Gasteiger partial charge in [0.25, 0.3) is 0 Å². The van der Waals surface area contributed by atoms with Gasteiger partial charge in [0.05, 0.1) is 16.9 Å². The van der Waals surface area contributed by atoms with Crippen LogP contribution < -0.4 is 0 Å². The topological polar surface area (TPSA) is 74.8 Å². The van der Waals surface area contributed by atoms with Crippen molar-refractivity contribution >= 4 is 17.7 Å². The Balaban J connectivity index is 1.76. The molecule has 1 amide bonds. The van der Waals surface area contributed by atoms with Gasteiger partial charge in [-0.1, -0.05) is 43.2 Å². The number of nitrogens with zero attached hydrogens (tertiary/aromatic N) is 5. The van der Waals surface area contributed by atoms with Gasteiger partial charge in [0.2, 0.25) is 5.91 Å². The molecule has 0 unspecified atom stereocenters. The van der Waals surface area contributed by atoms with E-state index >= 15 is 0 Å². The number of rotatable bonds is 5. The maximum atomic E-state index is 14.1. The van der Waals surface area contributed by atoms with Gasteiger partial charge in [0, 0.05) is 14.1 Å². The highest BCUT2D eigenvalue weighted by Crippen LogP contribution is 2.34. The molecule has 8 heteroatoms. The fourth-order valence-electron chi connectivity index (χ4n) is 3.65. The Morgan fingerprint density at radius 2 is 2.00 bits per heavy atom. The quantitative estimate of drug-likeness (QED) is 0.713. The van der Waals surface area contributed by atoms with Crippen molar-refractivity contribution in [1.29, 1.82) is 5.26 Å². The van der Waals surface area contributed by atoms with Crippen molar-refractivity contribution in [3.05, 3.63) is 30.1 Å². The molecule has 1 heterocycles. The number of carbonyl (C=O) groups excluding carboxylic acids is 1. The van der Waals surface area contributed by atoms with Crippen LogP contribution in [0.5, 0.6) is 0 Å². The van der Waals surface area contributed by atoms with E-state index < -0.39 is 10.8 Å². The minimum Gasteiger partial charge on any atom is -0.326 e. The minimum absolute atomic E-state index is 0.108. The summed E-state index contributed by atoms with van der Waals surface area (Å²) in [6.45, 7) is 1.80. The van der Waals surface area contributed by atoms with Gasteiger partial charge in [-0.15, -0.1) is 10.2 Å². The van der Waals surface area contributed by atoms with E-state index in [-0.39, 0.29) is 11.7 Å². The number of nitriles is 1. The molecule has 0 spiro atoms. The van der Waals surface area contributed by atoms with Crippen LogP contribution in [0.25, 0.3) is 11.4 Å². The molecule has 1 saturated carbocycles. The third-order valence-corrected chi connectivity index (χ3v) is 6.56. The summed E-state index contributed by atoms with van der Waals surface area (Å²) in [6.07, 6.45) is 4.45. The second-order valence-corrected chi connectivity index (χ2v) is 8.51. The van der Waals surface area contributed by atoms with E-state index in [2.05, 4.69) is 16.3 Å². The molecule has 2 aromatic rings. The van der Waals surface area contributed by atoms with Crippen molar-refractivity contribution < 1.29 is 9.18 Å². The fraction of sp³-hybridized carbons (Fsp3) is 0.500. The molecule has 148 valence electrons. The predicted molar refractivity (Wildman–Crippen MR) is 106 cm³/mol. The molecule has 1 fully saturated rings. The molecule has 0 bridgehead atoms. The van der Waals surface area contributed by atoms with Crippen LogP contribution in [0.3, 0.4) is 0 Å². The molecule has 6 nitrogen and oxygen atoms in total. The van der Waals surface area contributed by atoms with Crippen LogP contribution in [0, 0.1) is 17.1 Å². The van der Waals surface area contributed by atoms with E-state index in [1.807, 2.05) is 0 Å². The number of hydrogen-bond acceptors (Lipinski definition) is 5. The number of thioether (sulfide) groups is 1. The molecule has 3 rings (SSSR count). The van der Waals surface area contributed by atoms with Crippen molar-refractivity contribution in [1.82, 2.24) is 19.7 Å². The lowest BCUT2D eigenvalue weighted by molar-refractivity contribution is -0.133. The summed E-state index contributed by atoms with van der Waals surface area (Å²) in [5.41, 5.74) is -0.353. The number of hydrogen-bond donors (Lipinski definition) is 0. The van der Waals surface area contributed by atoms with Gasteiger partial charge >= 0.3 is 0 Å². The van der Waals surface area contributed by atoms with Gasteiger partial charge in [-0.25, -0.2) is 4.39 Å². The molecular formula is C20H24FN5OS.